The van der Waals surface area contributed by atoms with E-state index in [1.807, 2.05) is 36.4 Å². The molecule has 2 rings (SSSR count). The molecule has 22 heavy (non-hydrogen) atoms. The van der Waals surface area contributed by atoms with E-state index in [1.165, 1.54) is 0 Å². The number of benzene rings is 2. The van der Waals surface area contributed by atoms with Crippen LogP contribution in [0.5, 0.6) is 5.75 Å². The summed E-state index contributed by atoms with van der Waals surface area (Å²) < 4.78 is 5.79. The van der Waals surface area contributed by atoms with Gasteiger partial charge in [-0.05, 0) is 41.2 Å². The van der Waals surface area contributed by atoms with Gasteiger partial charge in [-0.1, -0.05) is 51.1 Å². The maximum absolute atomic E-state index is 11.4. The number of carbonyl (C=O) groups is 1. The minimum atomic E-state index is -0.909. The first kappa shape index (κ1) is 16.1. The van der Waals surface area contributed by atoms with Crippen LogP contribution in [0, 0.1) is 5.41 Å². The molecule has 0 aliphatic heterocycles. The Bertz CT molecular complexity index is 639. The monoisotopic (exact) mass is 298 g/mol. The number of carboxylic acid groups (broad SMARTS) is 1. The van der Waals surface area contributed by atoms with Crippen molar-refractivity contribution in [2.24, 2.45) is 5.41 Å². The van der Waals surface area contributed by atoms with Gasteiger partial charge in [0, 0.05) is 0 Å². The zero-order valence-corrected chi connectivity index (χ0v) is 13.3. The molecule has 116 valence electrons. The Morgan fingerprint density at radius 1 is 1.09 bits per heavy atom. The highest BCUT2D eigenvalue weighted by atomic mass is 16.5. The molecule has 0 aliphatic rings. The Kier molecular flexibility index (Phi) is 4.86. The van der Waals surface area contributed by atoms with Crippen molar-refractivity contribution in [2.75, 3.05) is 6.61 Å². The number of carboxylic acids is 1. The Balaban J connectivity index is 2.26. The molecular formula is C19H22O3. The third-order valence-electron chi connectivity index (χ3n) is 3.22. The molecule has 0 radical (unpaired) electrons. The second kappa shape index (κ2) is 6.65. The van der Waals surface area contributed by atoms with Crippen LogP contribution in [0.1, 0.15) is 42.3 Å². The van der Waals surface area contributed by atoms with E-state index in [0.29, 0.717) is 24.3 Å². The second-order valence-electron chi connectivity index (χ2n) is 6.64. The molecule has 0 amide bonds. The second-order valence-corrected chi connectivity index (χ2v) is 6.64. The number of hydrogen-bond acceptors (Lipinski definition) is 2. The largest absolute Gasteiger partial charge is 0.493 e. The zero-order chi connectivity index (χ0) is 16.2. The van der Waals surface area contributed by atoms with Crippen molar-refractivity contribution in [3.8, 4) is 5.75 Å². The van der Waals surface area contributed by atoms with Crippen molar-refractivity contribution in [3.05, 3.63) is 65.2 Å². The average molecular weight is 298 g/mol. The summed E-state index contributed by atoms with van der Waals surface area (Å²) in [5.41, 5.74) is 2.24. The first-order valence-electron chi connectivity index (χ1n) is 7.38. The van der Waals surface area contributed by atoms with Crippen molar-refractivity contribution < 1.29 is 14.6 Å². The SMILES string of the molecule is CC(C)(C)COc1ccc(C(=O)O)c(Cc2ccccc2)c1. The molecule has 0 atom stereocenters. The zero-order valence-electron chi connectivity index (χ0n) is 13.3. The van der Waals surface area contributed by atoms with E-state index in [9.17, 15) is 9.90 Å². The Morgan fingerprint density at radius 2 is 1.77 bits per heavy atom. The number of rotatable bonds is 5. The molecule has 0 heterocycles. The van der Waals surface area contributed by atoms with Crippen LogP contribution in [0.4, 0.5) is 0 Å². The Morgan fingerprint density at radius 3 is 2.36 bits per heavy atom. The van der Waals surface area contributed by atoms with E-state index in [-0.39, 0.29) is 5.41 Å². The summed E-state index contributed by atoms with van der Waals surface area (Å²) in [6.07, 6.45) is 0.579. The number of hydrogen-bond donors (Lipinski definition) is 1. The van der Waals surface area contributed by atoms with Crippen molar-refractivity contribution in [2.45, 2.75) is 27.2 Å². The van der Waals surface area contributed by atoms with Gasteiger partial charge in [-0.2, -0.15) is 0 Å². The van der Waals surface area contributed by atoms with Crippen molar-refractivity contribution >= 4 is 5.97 Å². The van der Waals surface area contributed by atoms with Crippen molar-refractivity contribution in [3.63, 3.8) is 0 Å². The van der Waals surface area contributed by atoms with E-state index in [0.717, 1.165) is 11.1 Å². The molecule has 0 aromatic heterocycles. The van der Waals surface area contributed by atoms with Gasteiger partial charge in [-0.3, -0.25) is 0 Å². The van der Waals surface area contributed by atoms with Crippen LogP contribution < -0.4 is 4.74 Å². The third-order valence-corrected chi connectivity index (χ3v) is 3.22. The smallest absolute Gasteiger partial charge is 0.335 e. The van der Waals surface area contributed by atoms with Gasteiger partial charge >= 0.3 is 5.97 Å². The summed E-state index contributed by atoms with van der Waals surface area (Å²) in [6, 6.07) is 15.0. The van der Waals surface area contributed by atoms with E-state index in [1.54, 1.807) is 12.1 Å². The van der Waals surface area contributed by atoms with Gasteiger partial charge in [0.25, 0.3) is 0 Å². The van der Waals surface area contributed by atoms with Gasteiger partial charge in [0.05, 0.1) is 12.2 Å². The fourth-order valence-electron chi connectivity index (χ4n) is 2.13. The summed E-state index contributed by atoms with van der Waals surface area (Å²) in [5, 5.41) is 9.35. The molecule has 0 spiro atoms. The van der Waals surface area contributed by atoms with Crippen LogP contribution in [0.25, 0.3) is 0 Å². The molecule has 0 saturated heterocycles. The average Bonchev–Trinajstić information content (AvgIpc) is 2.45. The van der Waals surface area contributed by atoms with Gasteiger partial charge in [-0.25, -0.2) is 4.79 Å². The highest BCUT2D eigenvalue weighted by molar-refractivity contribution is 5.89. The molecule has 0 saturated carbocycles. The molecule has 1 N–H and O–H groups in total. The lowest BCUT2D eigenvalue weighted by molar-refractivity contribution is 0.0695. The molecule has 0 bridgehead atoms. The maximum atomic E-state index is 11.4. The molecule has 0 fully saturated rings. The van der Waals surface area contributed by atoms with Crippen molar-refractivity contribution in [1.29, 1.82) is 0 Å². The van der Waals surface area contributed by atoms with E-state index < -0.39 is 5.97 Å². The van der Waals surface area contributed by atoms with Gasteiger partial charge < -0.3 is 9.84 Å². The maximum Gasteiger partial charge on any atom is 0.335 e. The number of aromatic carboxylic acids is 1. The predicted molar refractivity (Wildman–Crippen MR) is 87.6 cm³/mol. The van der Waals surface area contributed by atoms with Gasteiger partial charge in [0.15, 0.2) is 0 Å². The van der Waals surface area contributed by atoms with E-state index in [4.69, 9.17) is 4.74 Å². The minimum absolute atomic E-state index is 0.0606. The van der Waals surface area contributed by atoms with Crippen LogP contribution in [-0.4, -0.2) is 17.7 Å². The van der Waals surface area contributed by atoms with E-state index in [2.05, 4.69) is 20.8 Å². The summed E-state index contributed by atoms with van der Waals surface area (Å²) in [5.74, 6) is -0.195. The van der Waals surface area contributed by atoms with E-state index >= 15 is 0 Å². The summed E-state index contributed by atoms with van der Waals surface area (Å²) >= 11 is 0. The fraction of sp³-hybridized carbons (Fsp3) is 0.316. The fourth-order valence-corrected chi connectivity index (χ4v) is 2.13. The number of ether oxygens (including phenoxy) is 1. The predicted octanol–water partition coefficient (Wildman–Crippen LogP) is 4.40. The summed E-state index contributed by atoms with van der Waals surface area (Å²) in [6.45, 7) is 6.89. The lowest BCUT2D eigenvalue weighted by atomic mass is 9.98. The topological polar surface area (TPSA) is 46.5 Å². The van der Waals surface area contributed by atoms with Crippen LogP contribution in [0.2, 0.25) is 0 Å². The van der Waals surface area contributed by atoms with Gasteiger partial charge in [-0.15, -0.1) is 0 Å². The normalized spacial score (nSPS) is 11.2. The summed E-state index contributed by atoms with van der Waals surface area (Å²) in [7, 11) is 0. The molecule has 0 unspecified atom stereocenters. The van der Waals surface area contributed by atoms with Gasteiger partial charge in [0.2, 0.25) is 0 Å². The molecule has 3 nitrogen and oxygen atoms in total. The molecule has 0 aliphatic carbocycles. The molecule has 2 aromatic carbocycles. The quantitative estimate of drug-likeness (QED) is 0.890. The Hall–Kier alpha value is -2.29. The lowest BCUT2D eigenvalue weighted by Crippen LogP contribution is -2.17. The molecular weight excluding hydrogens is 276 g/mol. The van der Waals surface area contributed by atoms with Gasteiger partial charge in [0.1, 0.15) is 5.75 Å². The third kappa shape index (κ3) is 4.62. The molecule has 2 aromatic rings. The Labute approximate surface area is 131 Å². The standard InChI is InChI=1S/C19H22O3/c1-19(2,3)13-22-16-9-10-17(18(20)21)15(12-16)11-14-7-5-4-6-8-14/h4-10,12H,11,13H2,1-3H3,(H,20,21). The summed E-state index contributed by atoms with van der Waals surface area (Å²) in [4.78, 5) is 11.4. The minimum Gasteiger partial charge on any atom is -0.493 e. The van der Waals surface area contributed by atoms with Crippen LogP contribution in [0.15, 0.2) is 48.5 Å². The van der Waals surface area contributed by atoms with Crippen LogP contribution in [-0.2, 0) is 6.42 Å². The van der Waals surface area contributed by atoms with Crippen molar-refractivity contribution in [1.82, 2.24) is 0 Å². The molecule has 3 heteroatoms. The van der Waals surface area contributed by atoms with Crippen LogP contribution in [0.3, 0.4) is 0 Å². The first-order valence-corrected chi connectivity index (χ1v) is 7.38. The highest BCUT2D eigenvalue weighted by Crippen LogP contribution is 2.23. The highest BCUT2D eigenvalue weighted by Gasteiger charge is 2.14. The first-order chi connectivity index (χ1) is 10.3. The van der Waals surface area contributed by atoms with Crippen LogP contribution >= 0.6 is 0 Å². The lowest BCUT2D eigenvalue weighted by Gasteiger charge is -2.19.